The minimum Gasteiger partial charge on any atom is -0.348 e. The van der Waals surface area contributed by atoms with Crippen molar-refractivity contribution in [2.75, 3.05) is 18.0 Å². The SMILES string of the molecule is Cc1cccc(CNC(=O)c2ccc(-c3ccnc(N4CCCC4)n3)cc2)c1. The molecule has 5 heteroatoms. The van der Waals surface area contributed by atoms with Gasteiger partial charge in [0.25, 0.3) is 5.91 Å². The van der Waals surface area contributed by atoms with E-state index in [1.54, 1.807) is 6.20 Å². The molecule has 1 aliphatic heterocycles. The summed E-state index contributed by atoms with van der Waals surface area (Å²) in [5.41, 5.74) is 4.79. The molecule has 0 unspecified atom stereocenters. The molecule has 3 aromatic rings. The summed E-state index contributed by atoms with van der Waals surface area (Å²) in [7, 11) is 0. The number of nitrogens with zero attached hydrogens (tertiary/aromatic N) is 3. The second-order valence-electron chi connectivity index (χ2n) is 7.19. The molecule has 142 valence electrons. The minimum atomic E-state index is -0.0755. The lowest BCUT2D eigenvalue weighted by Crippen LogP contribution is -2.22. The molecule has 4 rings (SSSR count). The van der Waals surface area contributed by atoms with Crippen molar-refractivity contribution in [3.63, 3.8) is 0 Å². The number of benzene rings is 2. The highest BCUT2D eigenvalue weighted by atomic mass is 16.1. The van der Waals surface area contributed by atoms with Crippen molar-refractivity contribution >= 4 is 11.9 Å². The van der Waals surface area contributed by atoms with E-state index in [1.807, 2.05) is 55.5 Å². The molecule has 2 heterocycles. The van der Waals surface area contributed by atoms with Crippen molar-refractivity contribution in [3.05, 3.63) is 77.5 Å². The molecule has 1 fully saturated rings. The number of rotatable bonds is 5. The summed E-state index contributed by atoms with van der Waals surface area (Å²) < 4.78 is 0. The Morgan fingerprint density at radius 3 is 2.61 bits per heavy atom. The Labute approximate surface area is 165 Å². The van der Waals surface area contributed by atoms with Gasteiger partial charge in [-0.25, -0.2) is 9.97 Å². The average molecular weight is 372 g/mol. The molecule has 5 nitrogen and oxygen atoms in total. The lowest BCUT2D eigenvalue weighted by atomic mass is 10.1. The predicted octanol–water partition coefficient (Wildman–Crippen LogP) is 3.98. The first-order chi connectivity index (χ1) is 13.7. The smallest absolute Gasteiger partial charge is 0.251 e. The Morgan fingerprint density at radius 1 is 1.07 bits per heavy atom. The van der Waals surface area contributed by atoms with Crippen LogP contribution in [-0.4, -0.2) is 29.0 Å². The fourth-order valence-electron chi connectivity index (χ4n) is 3.48. The number of aromatic nitrogens is 2. The molecule has 0 radical (unpaired) electrons. The second kappa shape index (κ2) is 8.21. The summed E-state index contributed by atoms with van der Waals surface area (Å²) in [5, 5.41) is 2.98. The summed E-state index contributed by atoms with van der Waals surface area (Å²) in [5.74, 6) is 0.712. The van der Waals surface area contributed by atoms with Gasteiger partial charge in [0.2, 0.25) is 5.95 Å². The summed E-state index contributed by atoms with van der Waals surface area (Å²) in [6.45, 7) is 4.60. The van der Waals surface area contributed by atoms with Gasteiger partial charge in [0.15, 0.2) is 0 Å². The van der Waals surface area contributed by atoms with E-state index in [0.717, 1.165) is 35.9 Å². The van der Waals surface area contributed by atoms with Crippen molar-refractivity contribution in [1.82, 2.24) is 15.3 Å². The average Bonchev–Trinajstić information content (AvgIpc) is 3.27. The van der Waals surface area contributed by atoms with Gasteiger partial charge in [-0.15, -0.1) is 0 Å². The van der Waals surface area contributed by atoms with Gasteiger partial charge < -0.3 is 10.2 Å². The highest BCUT2D eigenvalue weighted by Gasteiger charge is 2.15. The third kappa shape index (κ3) is 4.19. The second-order valence-corrected chi connectivity index (χ2v) is 7.19. The first-order valence-electron chi connectivity index (χ1n) is 9.71. The standard InChI is InChI=1S/C23H24N4O/c1-17-5-4-6-18(15-17)16-25-22(28)20-9-7-19(8-10-20)21-11-12-24-23(26-21)27-13-2-3-14-27/h4-12,15H,2-3,13-14,16H2,1H3,(H,25,28). The largest absolute Gasteiger partial charge is 0.348 e. The Kier molecular flexibility index (Phi) is 5.33. The Hall–Kier alpha value is -3.21. The van der Waals surface area contributed by atoms with Crippen molar-refractivity contribution in [2.24, 2.45) is 0 Å². The molecule has 28 heavy (non-hydrogen) atoms. The summed E-state index contributed by atoms with van der Waals surface area (Å²) in [6, 6.07) is 17.6. The molecule has 0 saturated carbocycles. The van der Waals surface area contributed by atoms with Gasteiger partial charge in [-0.05, 0) is 43.5 Å². The van der Waals surface area contributed by atoms with E-state index in [1.165, 1.54) is 18.4 Å². The fraction of sp³-hybridized carbons (Fsp3) is 0.261. The maximum Gasteiger partial charge on any atom is 0.251 e. The van der Waals surface area contributed by atoms with Crippen LogP contribution < -0.4 is 10.2 Å². The number of amides is 1. The number of hydrogen-bond donors (Lipinski definition) is 1. The summed E-state index contributed by atoms with van der Waals surface area (Å²) in [6.07, 6.45) is 4.19. The monoisotopic (exact) mass is 372 g/mol. The van der Waals surface area contributed by atoms with E-state index >= 15 is 0 Å². The number of nitrogens with one attached hydrogen (secondary N) is 1. The van der Waals surface area contributed by atoms with Crippen molar-refractivity contribution in [2.45, 2.75) is 26.3 Å². The molecule has 0 aliphatic carbocycles. The molecule has 1 N–H and O–H groups in total. The van der Waals surface area contributed by atoms with Crippen LogP contribution in [0.3, 0.4) is 0 Å². The molecule has 1 saturated heterocycles. The molecule has 0 bridgehead atoms. The van der Waals surface area contributed by atoms with Crippen molar-refractivity contribution in [1.29, 1.82) is 0 Å². The molecule has 0 spiro atoms. The normalized spacial score (nSPS) is 13.5. The molecule has 2 aromatic carbocycles. The van der Waals surface area contributed by atoms with E-state index in [2.05, 4.69) is 21.3 Å². The third-order valence-electron chi connectivity index (χ3n) is 5.01. The van der Waals surface area contributed by atoms with Gasteiger partial charge in [0.05, 0.1) is 5.69 Å². The third-order valence-corrected chi connectivity index (χ3v) is 5.01. The number of anilines is 1. The molecule has 0 atom stereocenters. The lowest BCUT2D eigenvalue weighted by molar-refractivity contribution is 0.0951. The lowest BCUT2D eigenvalue weighted by Gasteiger charge is -2.15. The van der Waals surface area contributed by atoms with Gasteiger partial charge in [-0.2, -0.15) is 0 Å². The van der Waals surface area contributed by atoms with Gasteiger partial charge in [-0.1, -0.05) is 42.0 Å². The van der Waals surface area contributed by atoms with Crippen LogP contribution in [0.1, 0.15) is 34.3 Å². The van der Waals surface area contributed by atoms with Gasteiger partial charge in [0.1, 0.15) is 0 Å². The Bertz CT molecular complexity index is 962. The fourth-order valence-corrected chi connectivity index (χ4v) is 3.48. The van der Waals surface area contributed by atoms with E-state index in [-0.39, 0.29) is 5.91 Å². The highest BCUT2D eigenvalue weighted by molar-refractivity contribution is 5.94. The van der Waals surface area contributed by atoms with Crippen LogP contribution in [-0.2, 0) is 6.54 Å². The first-order valence-corrected chi connectivity index (χ1v) is 9.71. The van der Waals surface area contributed by atoms with Crippen LogP contribution in [0.2, 0.25) is 0 Å². The first kappa shape index (κ1) is 18.2. The van der Waals surface area contributed by atoms with Gasteiger partial charge in [0, 0.05) is 37.0 Å². The van der Waals surface area contributed by atoms with Crippen LogP contribution in [0.25, 0.3) is 11.3 Å². The maximum atomic E-state index is 12.4. The number of carbonyl (C=O) groups is 1. The zero-order chi connectivity index (χ0) is 19.3. The highest BCUT2D eigenvalue weighted by Crippen LogP contribution is 2.21. The van der Waals surface area contributed by atoms with E-state index in [9.17, 15) is 4.79 Å². The van der Waals surface area contributed by atoms with E-state index in [0.29, 0.717) is 12.1 Å². The van der Waals surface area contributed by atoms with Crippen LogP contribution in [0.4, 0.5) is 5.95 Å². The molecule has 1 amide bonds. The zero-order valence-electron chi connectivity index (χ0n) is 16.1. The number of carbonyl (C=O) groups excluding carboxylic acids is 1. The summed E-state index contributed by atoms with van der Waals surface area (Å²) in [4.78, 5) is 23.8. The Morgan fingerprint density at radius 2 is 1.86 bits per heavy atom. The molecular formula is C23H24N4O. The topological polar surface area (TPSA) is 58.1 Å². The maximum absolute atomic E-state index is 12.4. The van der Waals surface area contributed by atoms with Crippen molar-refractivity contribution < 1.29 is 4.79 Å². The molecular weight excluding hydrogens is 348 g/mol. The minimum absolute atomic E-state index is 0.0755. The quantitative estimate of drug-likeness (QED) is 0.736. The summed E-state index contributed by atoms with van der Waals surface area (Å²) >= 11 is 0. The number of hydrogen-bond acceptors (Lipinski definition) is 4. The molecule has 1 aromatic heterocycles. The van der Waals surface area contributed by atoms with E-state index < -0.39 is 0 Å². The van der Waals surface area contributed by atoms with Crippen LogP contribution in [0, 0.1) is 6.92 Å². The Balaban J connectivity index is 1.43. The predicted molar refractivity (Wildman–Crippen MR) is 111 cm³/mol. The van der Waals surface area contributed by atoms with Gasteiger partial charge >= 0.3 is 0 Å². The van der Waals surface area contributed by atoms with E-state index in [4.69, 9.17) is 4.98 Å². The number of aryl methyl sites for hydroxylation is 1. The van der Waals surface area contributed by atoms with Crippen LogP contribution >= 0.6 is 0 Å². The van der Waals surface area contributed by atoms with Crippen LogP contribution in [0.15, 0.2) is 60.8 Å². The van der Waals surface area contributed by atoms with Gasteiger partial charge in [-0.3, -0.25) is 4.79 Å². The zero-order valence-corrected chi connectivity index (χ0v) is 16.1. The van der Waals surface area contributed by atoms with Crippen LogP contribution in [0.5, 0.6) is 0 Å². The van der Waals surface area contributed by atoms with Crippen molar-refractivity contribution in [3.8, 4) is 11.3 Å². The molecule has 1 aliphatic rings.